The van der Waals surface area contributed by atoms with Gasteiger partial charge in [-0.3, -0.25) is 14.5 Å². The molecule has 23 heavy (non-hydrogen) atoms. The first kappa shape index (κ1) is 16.1. The van der Waals surface area contributed by atoms with Crippen molar-refractivity contribution in [3.63, 3.8) is 0 Å². The van der Waals surface area contributed by atoms with Crippen LogP contribution >= 0.6 is 11.3 Å². The molecule has 2 N–H and O–H groups in total. The minimum absolute atomic E-state index is 0.149. The Hall–Kier alpha value is -1.77. The van der Waals surface area contributed by atoms with Gasteiger partial charge in [-0.05, 0) is 24.3 Å². The molecule has 0 saturated carbocycles. The summed E-state index contributed by atoms with van der Waals surface area (Å²) in [4.78, 5) is 40.6. The van der Waals surface area contributed by atoms with Crippen molar-refractivity contribution in [2.75, 3.05) is 26.3 Å². The summed E-state index contributed by atoms with van der Waals surface area (Å²) in [6, 6.07) is 3.31. The van der Waals surface area contributed by atoms with Crippen LogP contribution in [-0.4, -0.2) is 65.2 Å². The summed E-state index contributed by atoms with van der Waals surface area (Å²) in [6.07, 6.45) is 1.75. The molecule has 3 rings (SSSR count). The monoisotopic (exact) mass is 338 g/mol. The summed E-state index contributed by atoms with van der Waals surface area (Å²) < 4.78 is 0. The number of rotatable bonds is 5. The number of thiophene rings is 1. The van der Waals surface area contributed by atoms with Gasteiger partial charge >= 0.3 is 17.8 Å². The van der Waals surface area contributed by atoms with Crippen molar-refractivity contribution in [2.24, 2.45) is 0 Å². The lowest BCUT2D eigenvalue weighted by molar-refractivity contribution is -0.915. The van der Waals surface area contributed by atoms with Crippen LogP contribution in [0, 0.1) is 0 Å². The van der Waals surface area contributed by atoms with Crippen LogP contribution in [0.1, 0.15) is 17.7 Å². The van der Waals surface area contributed by atoms with Gasteiger partial charge in [-0.15, -0.1) is 11.3 Å². The number of aliphatic hydroxyl groups is 1. The Morgan fingerprint density at radius 2 is 2.04 bits per heavy atom. The normalized spacial score (nSPS) is 25.5. The second-order valence-corrected chi connectivity index (χ2v) is 6.99. The fourth-order valence-electron chi connectivity index (χ4n) is 3.06. The number of aliphatic hydroxyl groups excluding tert-OH is 1. The van der Waals surface area contributed by atoms with E-state index < -0.39 is 23.9 Å². The average molecular weight is 338 g/mol. The van der Waals surface area contributed by atoms with Crippen LogP contribution in [0.2, 0.25) is 0 Å². The van der Waals surface area contributed by atoms with Gasteiger partial charge < -0.3 is 10.0 Å². The number of carbonyl (C=O) groups excluding carboxylic acids is 3. The number of quaternary nitrogens is 1. The Morgan fingerprint density at radius 1 is 1.26 bits per heavy atom. The zero-order valence-corrected chi connectivity index (χ0v) is 13.6. The highest BCUT2D eigenvalue weighted by Crippen LogP contribution is 2.14. The molecule has 2 aliphatic heterocycles. The molecule has 1 aromatic heterocycles. The molecule has 8 heteroatoms. The number of imide groups is 2. The maximum absolute atomic E-state index is 12.4. The summed E-state index contributed by atoms with van der Waals surface area (Å²) in [7, 11) is 0. The van der Waals surface area contributed by atoms with E-state index in [2.05, 4.69) is 0 Å². The number of likely N-dealkylation sites (tertiary alicyclic amines) is 1. The maximum Gasteiger partial charge on any atom is 0.338 e. The summed E-state index contributed by atoms with van der Waals surface area (Å²) in [5.74, 6) is -1.50. The van der Waals surface area contributed by atoms with E-state index >= 15 is 0 Å². The third-order valence-corrected chi connectivity index (χ3v) is 5.21. The molecule has 2 atom stereocenters. The van der Waals surface area contributed by atoms with Crippen molar-refractivity contribution in [2.45, 2.75) is 25.4 Å². The van der Waals surface area contributed by atoms with E-state index in [0.717, 1.165) is 39.0 Å². The summed E-state index contributed by atoms with van der Waals surface area (Å²) >= 11 is 1.56. The second kappa shape index (κ2) is 6.77. The second-order valence-electron chi connectivity index (χ2n) is 5.96. The molecular formula is C15H20N3O4S+. The van der Waals surface area contributed by atoms with E-state index in [0.29, 0.717) is 13.0 Å². The molecule has 2 fully saturated rings. The number of piperidine rings is 1. The smallest absolute Gasteiger partial charge is 0.338 e. The Labute approximate surface area is 138 Å². The first-order valence-corrected chi connectivity index (χ1v) is 8.65. The lowest BCUT2D eigenvalue weighted by Gasteiger charge is -2.29. The summed E-state index contributed by atoms with van der Waals surface area (Å²) in [6.45, 7) is 1.66. The molecule has 3 heterocycles. The van der Waals surface area contributed by atoms with Gasteiger partial charge in [0, 0.05) is 17.8 Å². The van der Waals surface area contributed by atoms with Crippen molar-refractivity contribution in [3.8, 4) is 0 Å². The standard InChI is InChI=1S/C15H19N3O4S/c19-11-3-1-6-16(9-11)10-18-14(21)13(20)17(15(18)22)7-5-12-4-2-8-23-12/h2,4,8,11,19H,1,3,5-7,9-10H2/p+1/t11-/m0/s1. The molecule has 0 aromatic carbocycles. The van der Waals surface area contributed by atoms with E-state index in [-0.39, 0.29) is 13.2 Å². The van der Waals surface area contributed by atoms with Crippen LogP contribution in [0.3, 0.4) is 0 Å². The van der Waals surface area contributed by atoms with Gasteiger partial charge in [0.1, 0.15) is 12.6 Å². The number of nitrogens with zero attached hydrogens (tertiary/aromatic N) is 2. The molecule has 124 valence electrons. The maximum atomic E-state index is 12.4. The highest BCUT2D eigenvalue weighted by Gasteiger charge is 2.46. The largest absolute Gasteiger partial charge is 0.387 e. The van der Waals surface area contributed by atoms with Crippen LogP contribution in [-0.2, 0) is 16.0 Å². The molecule has 1 unspecified atom stereocenters. The third kappa shape index (κ3) is 3.44. The van der Waals surface area contributed by atoms with E-state index in [1.807, 2.05) is 17.5 Å². The van der Waals surface area contributed by atoms with Crippen LogP contribution < -0.4 is 4.90 Å². The average Bonchev–Trinajstić information content (AvgIpc) is 3.10. The zero-order valence-electron chi connectivity index (χ0n) is 12.7. The molecule has 0 radical (unpaired) electrons. The van der Waals surface area contributed by atoms with Crippen LogP contribution in [0.4, 0.5) is 4.79 Å². The van der Waals surface area contributed by atoms with Gasteiger partial charge in [-0.2, -0.15) is 0 Å². The van der Waals surface area contributed by atoms with Gasteiger partial charge in [0.05, 0.1) is 6.54 Å². The van der Waals surface area contributed by atoms with Crippen molar-refractivity contribution in [1.82, 2.24) is 9.80 Å². The Kier molecular flexibility index (Phi) is 4.74. The first-order chi connectivity index (χ1) is 11.1. The predicted molar refractivity (Wildman–Crippen MR) is 82.8 cm³/mol. The van der Waals surface area contributed by atoms with Crippen LogP contribution in [0.5, 0.6) is 0 Å². The van der Waals surface area contributed by atoms with Gasteiger partial charge in [0.15, 0.2) is 6.67 Å². The number of hydrogen-bond acceptors (Lipinski definition) is 5. The van der Waals surface area contributed by atoms with Crippen molar-refractivity contribution in [3.05, 3.63) is 22.4 Å². The lowest BCUT2D eigenvalue weighted by Crippen LogP contribution is -3.15. The Bertz CT molecular complexity index is 604. The van der Waals surface area contributed by atoms with E-state index in [1.54, 1.807) is 11.3 Å². The fourth-order valence-corrected chi connectivity index (χ4v) is 3.75. The SMILES string of the molecule is O=C1C(=O)N(C[NH+]2CCC[C@H](O)C2)C(=O)N1CCc1cccs1. The number of hydrogen-bond donors (Lipinski definition) is 2. The van der Waals surface area contributed by atoms with E-state index in [1.165, 1.54) is 0 Å². The topological polar surface area (TPSA) is 82.4 Å². The molecule has 7 nitrogen and oxygen atoms in total. The molecule has 0 aliphatic carbocycles. The van der Waals surface area contributed by atoms with Crippen LogP contribution in [0.15, 0.2) is 17.5 Å². The van der Waals surface area contributed by atoms with Gasteiger partial charge in [-0.1, -0.05) is 6.07 Å². The van der Waals surface area contributed by atoms with Crippen molar-refractivity contribution < 1.29 is 24.4 Å². The Balaban J connectivity index is 1.62. The number of urea groups is 1. The van der Waals surface area contributed by atoms with Crippen LogP contribution in [0.25, 0.3) is 0 Å². The summed E-state index contributed by atoms with van der Waals surface area (Å²) in [5.41, 5.74) is 0. The highest BCUT2D eigenvalue weighted by atomic mass is 32.1. The van der Waals surface area contributed by atoms with Gasteiger partial charge in [0.25, 0.3) is 0 Å². The molecular weight excluding hydrogens is 318 g/mol. The van der Waals surface area contributed by atoms with Crippen molar-refractivity contribution >= 4 is 29.2 Å². The molecule has 2 aliphatic rings. The Morgan fingerprint density at radius 3 is 2.74 bits per heavy atom. The minimum atomic E-state index is -0.756. The number of nitrogens with one attached hydrogen (secondary N) is 1. The summed E-state index contributed by atoms with van der Waals surface area (Å²) in [5, 5.41) is 11.6. The number of carbonyl (C=O) groups is 3. The van der Waals surface area contributed by atoms with Gasteiger partial charge in [-0.25, -0.2) is 9.69 Å². The number of amides is 4. The predicted octanol–water partition coefficient (Wildman–Crippen LogP) is -0.921. The fraction of sp³-hybridized carbons (Fsp3) is 0.533. The molecule has 2 saturated heterocycles. The lowest BCUT2D eigenvalue weighted by atomic mass is 10.1. The van der Waals surface area contributed by atoms with E-state index in [4.69, 9.17) is 0 Å². The zero-order chi connectivity index (χ0) is 16.4. The molecule has 1 aromatic rings. The van der Waals surface area contributed by atoms with Gasteiger partial charge in [0.2, 0.25) is 0 Å². The quantitative estimate of drug-likeness (QED) is 0.537. The minimum Gasteiger partial charge on any atom is -0.387 e. The molecule has 4 amide bonds. The molecule has 0 bridgehead atoms. The van der Waals surface area contributed by atoms with Crippen molar-refractivity contribution in [1.29, 1.82) is 0 Å². The van der Waals surface area contributed by atoms with E-state index in [9.17, 15) is 19.5 Å². The molecule has 0 spiro atoms. The highest BCUT2D eigenvalue weighted by molar-refractivity contribution is 7.09. The third-order valence-electron chi connectivity index (χ3n) is 4.27. The first-order valence-electron chi connectivity index (χ1n) is 7.77.